The minimum absolute atomic E-state index is 0.0924. The van der Waals surface area contributed by atoms with Crippen LogP contribution in [0.5, 0.6) is 0 Å². The zero-order valence-corrected chi connectivity index (χ0v) is 37.4. The molecule has 0 saturated carbocycles. The molecule has 0 saturated heterocycles. The van der Waals surface area contributed by atoms with Crippen LogP contribution in [0.2, 0.25) is 32.7 Å². The van der Waals surface area contributed by atoms with E-state index < -0.39 is 29.6 Å². The Balaban J connectivity index is 1.54. The van der Waals surface area contributed by atoms with E-state index in [1.54, 1.807) is 0 Å². The molecule has 4 aromatic carbocycles. The molecule has 0 amide bonds. The third-order valence-corrected chi connectivity index (χ3v) is 65.9. The molecule has 257 valence electrons. The van der Waals surface area contributed by atoms with Crippen molar-refractivity contribution in [3.63, 3.8) is 0 Å². The van der Waals surface area contributed by atoms with Gasteiger partial charge in [0.1, 0.15) is 0 Å². The van der Waals surface area contributed by atoms with Crippen molar-refractivity contribution in [2.45, 2.75) is 93.4 Å². The van der Waals surface area contributed by atoms with Crippen LogP contribution < -0.4 is 5.19 Å². The Morgan fingerprint density at radius 2 is 1.22 bits per heavy atom. The van der Waals surface area contributed by atoms with Gasteiger partial charge in [-0.15, -0.1) is 0 Å². The first-order valence-corrected chi connectivity index (χ1v) is 38.3. The molecule has 0 nitrogen and oxygen atoms in total. The average Bonchev–Trinajstić information content (AvgIpc) is 3.63. The van der Waals surface area contributed by atoms with Crippen molar-refractivity contribution >= 4 is 48.4 Å². The third-order valence-electron chi connectivity index (χ3n) is 11.8. The van der Waals surface area contributed by atoms with Crippen LogP contribution in [0.15, 0.2) is 96.1 Å². The fraction of sp³-hybridized carbons (Fsp3) is 0.364. The summed E-state index contributed by atoms with van der Waals surface area (Å²) in [6, 6.07) is 32.4. The standard InChI is InChI=1S/C23H27.C19H21Si.C2H7Si.2ClH.Zr/c1-5-7-17(4)21-14-20-8-6-9-22(23(20)15-21)19-12-10-18(11-13-19)16(2)3;1-14-12-16-6-5-7-18(19(16)13-14)15-8-10-17(11-9-15)20(2,3)4;1-3-2;;;/h6,8-17H,5,7H2,1-4H3;5-13H,1-4H3;3H,1-2H3;2*1H;/q;;;;;+2/p-2. The van der Waals surface area contributed by atoms with Crippen LogP contribution in [0.25, 0.3) is 34.4 Å². The van der Waals surface area contributed by atoms with Gasteiger partial charge in [0.25, 0.3) is 0 Å². The van der Waals surface area contributed by atoms with Gasteiger partial charge in [-0.2, -0.15) is 0 Å². The molecule has 2 aliphatic rings. The van der Waals surface area contributed by atoms with Gasteiger partial charge in [-0.25, -0.2) is 0 Å². The molecule has 5 heteroatoms. The summed E-state index contributed by atoms with van der Waals surface area (Å²) in [5.74, 6) is -0.713. The van der Waals surface area contributed by atoms with Crippen LogP contribution in [0.4, 0.5) is 0 Å². The van der Waals surface area contributed by atoms with Gasteiger partial charge in [-0.3, -0.25) is 0 Å². The maximum atomic E-state index is 8.71. The number of hydrogen-bond acceptors (Lipinski definition) is 0. The van der Waals surface area contributed by atoms with Gasteiger partial charge in [0.05, 0.1) is 0 Å². The Morgan fingerprint density at radius 3 is 1.71 bits per heavy atom. The van der Waals surface area contributed by atoms with Gasteiger partial charge >= 0.3 is 309 Å². The molecular formula is C44H55Cl2Si2Zr. The van der Waals surface area contributed by atoms with Gasteiger partial charge in [0.15, 0.2) is 0 Å². The van der Waals surface area contributed by atoms with Gasteiger partial charge in [-0.1, -0.05) is 0 Å². The molecule has 0 aliphatic heterocycles. The summed E-state index contributed by atoms with van der Waals surface area (Å²) in [6.45, 7) is 23.7. The first-order chi connectivity index (χ1) is 23.1. The molecule has 2 aliphatic carbocycles. The number of halogens is 2. The van der Waals surface area contributed by atoms with Crippen LogP contribution in [0, 0.1) is 5.92 Å². The van der Waals surface area contributed by atoms with Crippen molar-refractivity contribution in [2.75, 3.05) is 0 Å². The summed E-state index contributed by atoms with van der Waals surface area (Å²) in [7, 11) is 16.0. The van der Waals surface area contributed by atoms with Crippen LogP contribution in [0.1, 0.15) is 88.4 Å². The quantitative estimate of drug-likeness (QED) is 0.140. The molecule has 0 heterocycles. The summed E-state index contributed by atoms with van der Waals surface area (Å²) in [6.07, 6.45) is 7.26. The number of rotatable bonds is 10. The molecule has 3 unspecified atom stereocenters. The second kappa shape index (κ2) is 13.7. The Bertz CT molecular complexity index is 1930. The van der Waals surface area contributed by atoms with E-state index in [0.717, 1.165) is 12.8 Å². The summed E-state index contributed by atoms with van der Waals surface area (Å²) in [5, 5.41) is 1.49. The number of allylic oxidation sites excluding steroid dienone is 2. The monoisotopic (exact) mass is 799 g/mol. The molecule has 0 radical (unpaired) electrons. The van der Waals surface area contributed by atoms with Gasteiger partial charge in [-0.05, 0) is 0 Å². The molecule has 0 bridgehead atoms. The van der Waals surface area contributed by atoms with Crippen molar-refractivity contribution in [2.24, 2.45) is 5.92 Å². The SMILES string of the molecule is CCCC(C)C1=Cc2c(-c3ccc(C(C)C)cc3)cccc2[CH]1[Zr]([Cl])([Cl])([CH]1C(C)=Cc2c(-c3ccc([Si](C)(C)C)cc3)cccc21)[SiH](C)C. The van der Waals surface area contributed by atoms with Crippen LogP contribution in [-0.2, 0) is 15.6 Å². The Kier molecular flexibility index (Phi) is 10.3. The van der Waals surface area contributed by atoms with E-state index in [4.69, 9.17) is 17.0 Å². The summed E-state index contributed by atoms with van der Waals surface area (Å²) in [5.41, 5.74) is 14.8. The number of hydrogen-bond donors (Lipinski definition) is 0. The third kappa shape index (κ3) is 6.37. The fourth-order valence-corrected chi connectivity index (χ4v) is 42.1. The van der Waals surface area contributed by atoms with E-state index in [1.165, 1.54) is 66.4 Å². The van der Waals surface area contributed by atoms with E-state index in [9.17, 15) is 0 Å². The van der Waals surface area contributed by atoms with E-state index >= 15 is 0 Å². The van der Waals surface area contributed by atoms with Crippen LogP contribution in [-0.4, -0.2) is 14.0 Å². The normalized spacial score (nSPS) is 18.9. The first-order valence-electron chi connectivity index (χ1n) is 18.5. The van der Waals surface area contributed by atoms with Gasteiger partial charge in [0, 0.05) is 0 Å². The zero-order chi connectivity index (χ0) is 35.5. The molecule has 4 aromatic rings. The Morgan fingerprint density at radius 1 is 0.714 bits per heavy atom. The Labute approximate surface area is 306 Å². The van der Waals surface area contributed by atoms with Crippen molar-refractivity contribution in [1.82, 2.24) is 0 Å². The molecule has 3 atom stereocenters. The number of benzene rings is 4. The van der Waals surface area contributed by atoms with E-state index in [1.807, 2.05) is 0 Å². The molecule has 49 heavy (non-hydrogen) atoms. The van der Waals surface area contributed by atoms with Crippen molar-refractivity contribution in [3.05, 3.63) is 124 Å². The summed E-state index contributed by atoms with van der Waals surface area (Å²) < 4.78 is 0.191. The minimum atomic E-state index is -4.84. The predicted octanol–water partition coefficient (Wildman–Crippen LogP) is 13.7. The van der Waals surface area contributed by atoms with Gasteiger partial charge in [0.2, 0.25) is 0 Å². The van der Waals surface area contributed by atoms with Crippen molar-refractivity contribution in [3.8, 4) is 22.3 Å². The second-order valence-electron chi connectivity index (χ2n) is 16.7. The number of fused-ring (bicyclic) bond motifs is 2. The van der Waals surface area contributed by atoms with E-state index in [-0.39, 0.29) is 7.25 Å². The molecule has 6 rings (SSSR count). The second-order valence-corrected chi connectivity index (χ2v) is 64.3. The summed E-state index contributed by atoms with van der Waals surface area (Å²) in [4.78, 5) is 0. The molecule has 0 fully saturated rings. The molecule has 0 spiro atoms. The van der Waals surface area contributed by atoms with E-state index in [2.05, 4.69) is 164 Å². The molecule has 0 aromatic heterocycles. The topological polar surface area (TPSA) is 0 Å². The average molecular weight is 802 g/mol. The van der Waals surface area contributed by atoms with Gasteiger partial charge < -0.3 is 0 Å². The van der Waals surface area contributed by atoms with Crippen LogP contribution >= 0.6 is 17.0 Å². The molecular weight excluding hydrogens is 747 g/mol. The van der Waals surface area contributed by atoms with Crippen LogP contribution in [0.3, 0.4) is 0 Å². The van der Waals surface area contributed by atoms with E-state index in [0.29, 0.717) is 11.8 Å². The Hall–Kier alpha value is -1.74. The fourth-order valence-electron chi connectivity index (χ4n) is 8.89. The van der Waals surface area contributed by atoms with Crippen molar-refractivity contribution in [1.29, 1.82) is 0 Å². The predicted molar refractivity (Wildman–Crippen MR) is 223 cm³/mol. The molecule has 0 N–H and O–H groups in total. The summed E-state index contributed by atoms with van der Waals surface area (Å²) >= 11 is -4.84. The zero-order valence-electron chi connectivity index (χ0n) is 31.3. The van der Waals surface area contributed by atoms with Crippen molar-refractivity contribution < 1.29 is 15.6 Å². The maximum absolute atomic E-state index is 8.71. The first kappa shape index (κ1) is 37.0.